The molecule has 2 aromatic heterocycles. The Bertz CT molecular complexity index is 767. The average molecular weight is 336 g/mol. The first-order chi connectivity index (χ1) is 10.6. The van der Waals surface area contributed by atoms with Gasteiger partial charge in [0, 0.05) is 50.4 Å². The van der Waals surface area contributed by atoms with Crippen molar-refractivity contribution < 1.29 is 4.39 Å². The highest BCUT2D eigenvalue weighted by atomic mass is 35.5. The van der Waals surface area contributed by atoms with Crippen molar-refractivity contribution in [2.24, 2.45) is 14.1 Å². The van der Waals surface area contributed by atoms with Gasteiger partial charge in [0.1, 0.15) is 11.6 Å². The SMILES string of the molecule is Cl.Cn1cc(CNC(c2ccccc2F)c2nccn2C)cn1. The third-order valence-electron chi connectivity index (χ3n) is 3.60. The zero-order valence-corrected chi connectivity index (χ0v) is 13.8. The number of hydrogen-bond acceptors (Lipinski definition) is 3. The standard InChI is InChI=1S/C16H18FN5.ClH/c1-21-8-7-18-16(21)15(13-5-3-4-6-14(13)17)19-9-12-10-20-22(2)11-12;/h3-8,10-11,15,19H,9H2,1-2H3;1H. The predicted molar refractivity (Wildman–Crippen MR) is 88.7 cm³/mol. The van der Waals surface area contributed by atoms with E-state index in [4.69, 9.17) is 0 Å². The highest BCUT2D eigenvalue weighted by Crippen LogP contribution is 2.23. The first-order valence-corrected chi connectivity index (χ1v) is 7.07. The van der Waals surface area contributed by atoms with Gasteiger partial charge >= 0.3 is 0 Å². The van der Waals surface area contributed by atoms with Gasteiger partial charge in [0.15, 0.2) is 0 Å². The molecule has 122 valence electrons. The second-order valence-corrected chi connectivity index (χ2v) is 5.25. The smallest absolute Gasteiger partial charge is 0.130 e. The fourth-order valence-corrected chi connectivity index (χ4v) is 2.49. The molecule has 1 unspecified atom stereocenters. The van der Waals surface area contributed by atoms with Gasteiger partial charge in [-0.15, -0.1) is 12.4 Å². The molecule has 5 nitrogen and oxygen atoms in total. The van der Waals surface area contributed by atoms with Crippen molar-refractivity contribution in [1.82, 2.24) is 24.6 Å². The van der Waals surface area contributed by atoms with E-state index in [1.807, 2.05) is 37.1 Å². The van der Waals surface area contributed by atoms with Crippen LogP contribution in [0.4, 0.5) is 4.39 Å². The summed E-state index contributed by atoms with van der Waals surface area (Å²) in [5.41, 5.74) is 1.62. The Morgan fingerprint density at radius 2 is 2.04 bits per heavy atom. The molecule has 7 heteroatoms. The maximum atomic E-state index is 14.2. The summed E-state index contributed by atoms with van der Waals surface area (Å²) in [4.78, 5) is 4.36. The monoisotopic (exact) mass is 335 g/mol. The third-order valence-corrected chi connectivity index (χ3v) is 3.60. The molecule has 3 aromatic rings. The molecule has 0 fully saturated rings. The van der Waals surface area contributed by atoms with Crippen LogP contribution in [0.5, 0.6) is 0 Å². The second-order valence-electron chi connectivity index (χ2n) is 5.25. The Balaban J connectivity index is 0.00000192. The first kappa shape index (κ1) is 17.2. The number of aromatic nitrogens is 4. The topological polar surface area (TPSA) is 47.7 Å². The van der Waals surface area contributed by atoms with E-state index in [0.717, 1.165) is 11.4 Å². The molecule has 1 N–H and O–H groups in total. The summed E-state index contributed by atoms with van der Waals surface area (Å²) in [6.07, 6.45) is 7.30. The molecule has 0 spiro atoms. The molecular formula is C16H19ClFN5. The van der Waals surface area contributed by atoms with Crippen molar-refractivity contribution in [3.05, 3.63) is 71.8 Å². The number of halogens is 2. The van der Waals surface area contributed by atoms with Crippen molar-refractivity contribution in [1.29, 1.82) is 0 Å². The van der Waals surface area contributed by atoms with Crippen LogP contribution in [0.25, 0.3) is 0 Å². The number of benzene rings is 1. The fourth-order valence-electron chi connectivity index (χ4n) is 2.49. The van der Waals surface area contributed by atoms with Gasteiger partial charge in [0.25, 0.3) is 0 Å². The molecule has 0 aliphatic carbocycles. The van der Waals surface area contributed by atoms with Crippen molar-refractivity contribution in [2.45, 2.75) is 12.6 Å². The van der Waals surface area contributed by atoms with Crippen LogP contribution < -0.4 is 5.32 Å². The second kappa shape index (κ2) is 7.39. The maximum Gasteiger partial charge on any atom is 0.130 e. The van der Waals surface area contributed by atoms with Crippen molar-refractivity contribution in [2.75, 3.05) is 0 Å². The number of nitrogens with one attached hydrogen (secondary N) is 1. The molecule has 0 radical (unpaired) electrons. The summed E-state index contributed by atoms with van der Waals surface area (Å²) >= 11 is 0. The number of imidazole rings is 1. The lowest BCUT2D eigenvalue weighted by Crippen LogP contribution is -2.25. The summed E-state index contributed by atoms with van der Waals surface area (Å²) in [6.45, 7) is 0.583. The van der Waals surface area contributed by atoms with Crippen LogP contribution in [0, 0.1) is 5.82 Å². The van der Waals surface area contributed by atoms with Crippen LogP contribution in [-0.4, -0.2) is 19.3 Å². The molecule has 2 heterocycles. The van der Waals surface area contributed by atoms with Gasteiger partial charge in [-0.3, -0.25) is 10.00 Å². The van der Waals surface area contributed by atoms with Crippen LogP contribution in [-0.2, 0) is 20.6 Å². The zero-order valence-electron chi connectivity index (χ0n) is 13.0. The van der Waals surface area contributed by atoms with E-state index >= 15 is 0 Å². The number of nitrogens with zero attached hydrogens (tertiary/aromatic N) is 4. The quantitative estimate of drug-likeness (QED) is 0.779. The molecule has 0 aliphatic heterocycles. The molecule has 0 saturated heterocycles. The summed E-state index contributed by atoms with van der Waals surface area (Å²) in [5.74, 6) is 0.531. The third kappa shape index (κ3) is 3.78. The average Bonchev–Trinajstić information content (AvgIpc) is 3.10. The van der Waals surface area contributed by atoms with Crippen LogP contribution >= 0.6 is 12.4 Å². The highest BCUT2D eigenvalue weighted by molar-refractivity contribution is 5.85. The van der Waals surface area contributed by atoms with Crippen LogP contribution in [0.3, 0.4) is 0 Å². The van der Waals surface area contributed by atoms with Crippen LogP contribution in [0.2, 0.25) is 0 Å². The van der Waals surface area contributed by atoms with Crippen molar-refractivity contribution in [3.63, 3.8) is 0 Å². The molecule has 3 rings (SSSR count). The number of rotatable bonds is 5. The van der Waals surface area contributed by atoms with E-state index in [9.17, 15) is 4.39 Å². The normalized spacial score (nSPS) is 12.0. The molecule has 0 amide bonds. The van der Waals surface area contributed by atoms with E-state index < -0.39 is 0 Å². The Kier molecular flexibility index (Phi) is 5.52. The lowest BCUT2D eigenvalue weighted by Gasteiger charge is -2.19. The van der Waals surface area contributed by atoms with Gasteiger partial charge in [-0.25, -0.2) is 9.37 Å². The van der Waals surface area contributed by atoms with Crippen molar-refractivity contribution >= 4 is 12.4 Å². The van der Waals surface area contributed by atoms with E-state index in [1.54, 1.807) is 29.2 Å². The lowest BCUT2D eigenvalue weighted by molar-refractivity contribution is 0.520. The molecule has 1 atom stereocenters. The molecule has 1 aromatic carbocycles. The van der Waals surface area contributed by atoms with Crippen LogP contribution in [0.1, 0.15) is 23.0 Å². The Labute approximate surface area is 140 Å². The highest BCUT2D eigenvalue weighted by Gasteiger charge is 2.21. The molecule has 23 heavy (non-hydrogen) atoms. The summed E-state index contributed by atoms with van der Waals surface area (Å²) in [6, 6.07) is 6.46. The fraction of sp³-hybridized carbons (Fsp3) is 0.250. The minimum Gasteiger partial charge on any atom is -0.336 e. The number of aryl methyl sites for hydroxylation is 2. The summed E-state index contributed by atoms with van der Waals surface area (Å²) in [5, 5.41) is 7.52. The first-order valence-electron chi connectivity index (χ1n) is 7.07. The summed E-state index contributed by atoms with van der Waals surface area (Å²) < 4.78 is 17.8. The zero-order chi connectivity index (χ0) is 15.5. The Morgan fingerprint density at radius 1 is 1.26 bits per heavy atom. The molecule has 0 saturated carbocycles. The van der Waals surface area contributed by atoms with E-state index in [-0.39, 0.29) is 24.3 Å². The van der Waals surface area contributed by atoms with E-state index in [0.29, 0.717) is 12.1 Å². The van der Waals surface area contributed by atoms with Crippen LogP contribution in [0.15, 0.2) is 49.1 Å². The molecule has 0 bridgehead atoms. The number of hydrogen-bond donors (Lipinski definition) is 1. The van der Waals surface area contributed by atoms with Crippen molar-refractivity contribution in [3.8, 4) is 0 Å². The molecule has 0 aliphatic rings. The minimum absolute atomic E-state index is 0. The largest absolute Gasteiger partial charge is 0.336 e. The van der Waals surface area contributed by atoms with Gasteiger partial charge in [-0.1, -0.05) is 18.2 Å². The molecular weight excluding hydrogens is 317 g/mol. The van der Waals surface area contributed by atoms with Gasteiger partial charge < -0.3 is 4.57 Å². The van der Waals surface area contributed by atoms with Gasteiger partial charge in [-0.05, 0) is 6.07 Å². The van der Waals surface area contributed by atoms with Gasteiger partial charge in [0.2, 0.25) is 0 Å². The van der Waals surface area contributed by atoms with Gasteiger partial charge in [-0.2, -0.15) is 5.10 Å². The predicted octanol–water partition coefficient (Wildman–Crippen LogP) is 2.59. The Morgan fingerprint density at radius 3 is 2.65 bits per heavy atom. The summed E-state index contributed by atoms with van der Waals surface area (Å²) in [7, 11) is 3.78. The Hall–Kier alpha value is -2.18. The van der Waals surface area contributed by atoms with E-state index in [2.05, 4.69) is 15.4 Å². The van der Waals surface area contributed by atoms with Gasteiger partial charge in [0.05, 0.1) is 12.2 Å². The van der Waals surface area contributed by atoms with E-state index in [1.165, 1.54) is 6.07 Å². The minimum atomic E-state index is -0.318. The lowest BCUT2D eigenvalue weighted by atomic mass is 10.1. The maximum absolute atomic E-state index is 14.2.